The van der Waals surface area contributed by atoms with Crippen molar-refractivity contribution in [3.8, 4) is 0 Å². The average molecular weight is 428 g/mol. The molecular weight excluding hydrogens is 404 g/mol. The lowest BCUT2D eigenvalue weighted by Gasteiger charge is -2.13. The van der Waals surface area contributed by atoms with E-state index in [1.54, 1.807) is 48.7 Å². The summed E-state index contributed by atoms with van der Waals surface area (Å²) < 4.78 is 27.7. The summed E-state index contributed by atoms with van der Waals surface area (Å²) in [6.07, 6.45) is 1.56. The number of nitrogen functional groups attached to an aromatic ring is 1. The average Bonchev–Trinajstić information content (AvgIpc) is 2.74. The van der Waals surface area contributed by atoms with Crippen molar-refractivity contribution in [2.75, 3.05) is 23.8 Å². The molecule has 8 heteroatoms. The number of quaternary nitrogens is 1. The smallest absolute Gasteiger partial charge is 0.151 e. The molecule has 29 heavy (non-hydrogen) atoms. The normalized spacial score (nSPS) is 12.9. The molecule has 2 unspecified atom stereocenters. The van der Waals surface area contributed by atoms with Crippen molar-refractivity contribution in [3.05, 3.63) is 77.9 Å². The Morgan fingerprint density at radius 2 is 1.72 bits per heavy atom. The van der Waals surface area contributed by atoms with Crippen LogP contribution in [0.1, 0.15) is 11.1 Å². The number of rotatable bonds is 7. The number of nitrogens with one attached hydrogen (secondary N) is 2. The Bertz CT molecular complexity index is 1120. The summed E-state index contributed by atoms with van der Waals surface area (Å²) in [6.45, 7) is 0. The van der Waals surface area contributed by atoms with Crippen LogP contribution in [0.25, 0.3) is 0 Å². The fourth-order valence-electron chi connectivity index (χ4n) is 2.87. The number of nitrogens with two attached hydrogens (primary N) is 2. The second-order valence-electron chi connectivity index (χ2n) is 6.36. The highest BCUT2D eigenvalue weighted by molar-refractivity contribution is 7.88. The minimum Gasteiger partial charge on any atom is -0.398 e. The molecule has 0 radical (unpaired) electrons. The summed E-state index contributed by atoms with van der Waals surface area (Å²) in [5, 5.41) is 10.5. The Hall–Kier alpha value is -2.81. The molecule has 0 heterocycles. The highest BCUT2D eigenvalue weighted by Crippen LogP contribution is 2.24. The molecule has 0 aromatic heterocycles. The largest absolute Gasteiger partial charge is 0.398 e. The van der Waals surface area contributed by atoms with Crippen molar-refractivity contribution >= 4 is 44.6 Å². The Morgan fingerprint density at radius 1 is 1.00 bits per heavy atom. The molecule has 0 aliphatic heterocycles. The van der Waals surface area contributed by atoms with Gasteiger partial charge in [-0.1, -0.05) is 24.3 Å². The highest BCUT2D eigenvalue weighted by Gasteiger charge is 2.15. The maximum atomic E-state index is 12.8. The van der Waals surface area contributed by atoms with Crippen LogP contribution in [0.15, 0.2) is 76.5 Å². The molecular formula is C21H23N4O2S2+. The molecule has 0 saturated carbocycles. The molecule has 2 atom stereocenters. The van der Waals surface area contributed by atoms with E-state index >= 15 is 0 Å². The summed E-state index contributed by atoms with van der Waals surface area (Å²) in [7, 11) is -0.914. The molecule has 0 amide bonds. The summed E-state index contributed by atoms with van der Waals surface area (Å²) in [5.74, 6) is 0. The zero-order chi connectivity index (χ0) is 21.0. The van der Waals surface area contributed by atoms with Gasteiger partial charge in [0, 0.05) is 34.8 Å². The molecule has 0 fully saturated rings. The van der Waals surface area contributed by atoms with Crippen molar-refractivity contribution in [1.29, 1.82) is 5.41 Å². The Balaban J connectivity index is 1.90. The fraction of sp³-hybridized carbons (Fsp3) is 0.0952. The van der Waals surface area contributed by atoms with Crippen LogP contribution in [0, 0.1) is 5.41 Å². The fourth-order valence-corrected chi connectivity index (χ4v) is 4.97. The summed E-state index contributed by atoms with van der Waals surface area (Å²) in [4.78, 5) is 0.988. The quantitative estimate of drug-likeness (QED) is 0.343. The van der Waals surface area contributed by atoms with Gasteiger partial charge in [0.1, 0.15) is 5.69 Å². The van der Waals surface area contributed by atoms with E-state index in [0.717, 1.165) is 11.3 Å². The van der Waals surface area contributed by atoms with E-state index in [1.807, 2.05) is 36.6 Å². The van der Waals surface area contributed by atoms with Crippen LogP contribution in [0.2, 0.25) is 0 Å². The Labute approximate surface area is 175 Å². The minimum absolute atomic E-state index is 0.288. The van der Waals surface area contributed by atoms with Crippen LogP contribution in [-0.4, -0.2) is 27.4 Å². The second-order valence-corrected chi connectivity index (χ2v) is 8.89. The number of hydrogen-bond donors (Lipinski definition) is 4. The van der Waals surface area contributed by atoms with Crippen LogP contribution in [0.3, 0.4) is 0 Å². The lowest BCUT2D eigenvalue weighted by molar-refractivity contribution is -0.539. The van der Waals surface area contributed by atoms with Gasteiger partial charge in [-0.05, 0) is 36.4 Å². The first-order valence-electron chi connectivity index (χ1n) is 8.90. The van der Waals surface area contributed by atoms with Crippen LogP contribution < -0.4 is 15.8 Å². The van der Waals surface area contributed by atoms with Crippen LogP contribution in [-0.2, 0) is 21.8 Å². The molecule has 6 N–H and O–H groups in total. The monoisotopic (exact) mass is 427 g/mol. The van der Waals surface area contributed by atoms with Gasteiger partial charge in [-0.25, -0.2) is 4.21 Å². The van der Waals surface area contributed by atoms with Gasteiger partial charge in [0.15, 0.2) is 11.0 Å². The van der Waals surface area contributed by atoms with Gasteiger partial charge in [0.2, 0.25) is 0 Å². The lowest BCUT2D eigenvalue weighted by atomic mass is 10.00. The standard InChI is InChI=1S/C21H22N4O2S2/c1-24-15-7-5-6-14(12-15)21(23)17-13-16(10-11-18(17)22)25-29(27)20-9-4-3-8-19(20)28(2)26/h3-13,23-25H,22H2,1-2H3/p+1. The van der Waals surface area contributed by atoms with Crippen molar-refractivity contribution in [2.24, 2.45) is 0 Å². The van der Waals surface area contributed by atoms with Gasteiger partial charge in [0.25, 0.3) is 0 Å². The zero-order valence-corrected chi connectivity index (χ0v) is 17.8. The molecule has 150 valence electrons. The van der Waals surface area contributed by atoms with E-state index in [9.17, 15) is 8.42 Å². The topological polar surface area (TPSA) is 113 Å². The predicted molar refractivity (Wildman–Crippen MR) is 120 cm³/mol. The van der Waals surface area contributed by atoms with Gasteiger partial charge in [0.05, 0.1) is 33.3 Å². The van der Waals surface area contributed by atoms with Gasteiger partial charge >= 0.3 is 0 Å². The van der Waals surface area contributed by atoms with Crippen LogP contribution in [0.4, 0.5) is 17.1 Å². The minimum atomic E-state index is -1.60. The molecule has 0 saturated heterocycles. The first-order valence-corrected chi connectivity index (χ1v) is 11.6. The van der Waals surface area contributed by atoms with Crippen LogP contribution >= 0.6 is 0 Å². The maximum Gasteiger partial charge on any atom is 0.151 e. The predicted octanol–water partition coefficient (Wildman–Crippen LogP) is 2.38. The summed E-state index contributed by atoms with van der Waals surface area (Å²) in [5.41, 5.74) is 9.74. The molecule has 0 spiro atoms. The SMILES string of the molecule is C[NH2+]c1cccc(C(=N)c2cc(NS(=O)c3ccccc3S(C)=O)ccc2N)c1. The van der Waals surface area contributed by atoms with Crippen molar-refractivity contribution in [1.82, 2.24) is 0 Å². The lowest BCUT2D eigenvalue weighted by Crippen LogP contribution is -2.72. The molecule has 3 aromatic rings. The van der Waals surface area contributed by atoms with Crippen LogP contribution in [0.5, 0.6) is 0 Å². The maximum absolute atomic E-state index is 12.8. The number of hydrogen-bond acceptors (Lipinski definition) is 4. The number of benzene rings is 3. The van der Waals surface area contributed by atoms with E-state index in [0.29, 0.717) is 26.7 Å². The van der Waals surface area contributed by atoms with E-state index in [1.165, 1.54) is 0 Å². The van der Waals surface area contributed by atoms with E-state index in [4.69, 9.17) is 11.1 Å². The molecule has 6 nitrogen and oxygen atoms in total. The molecule has 0 aliphatic carbocycles. The Morgan fingerprint density at radius 3 is 2.41 bits per heavy atom. The third-order valence-electron chi connectivity index (χ3n) is 4.40. The van der Waals surface area contributed by atoms with Gasteiger partial charge < -0.3 is 15.8 Å². The molecule has 3 aromatic carbocycles. The van der Waals surface area contributed by atoms with Gasteiger partial charge in [-0.15, -0.1) is 0 Å². The first kappa shape index (κ1) is 20.9. The van der Waals surface area contributed by atoms with Crippen molar-refractivity contribution in [3.63, 3.8) is 0 Å². The second kappa shape index (κ2) is 9.13. The summed E-state index contributed by atoms with van der Waals surface area (Å²) >= 11 is 0. The zero-order valence-electron chi connectivity index (χ0n) is 16.1. The van der Waals surface area contributed by atoms with Gasteiger partial charge in [-0.2, -0.15) is 0 Å². The first-order chi connectivity index (χ1) is 13.9. The van der Waals surface area contributed by atoms with Crippen molar-refractivity contribution < 1.29 is 13.7 Å². The van der Waals surface area contributed by atoms with E-state index in [-0.39, 0.29) is 5.71 Å². The Kier molecular flexibility index (Phi) is 6.58. The van der Waals surface area contributed by atoms with Gasteiger partial charge in [-0.3, -0.25) is 9.62 Å². The third-order valence-corrected chi connectivity index (χ3v) is 6.68. The molecule has 3 rings (SSSR count). The molecule has 0 bridgehead atoms. The van der Waals surface area contributed by atoms with E-state index in [2.05, 4.69) is 4.72 Å². The number of anilines is 2. The third kappa shape index (κ3) is 4.79. The van der Waals surface area contributed by atoms with E-state index < -0.39 is 21.8 Å². The summed E-state index contributed by atoms with van der Waals surface area (Å²) in [6, 6.07) is 19.7. The van der Waals surface area contributed by atoms with Crippen molar-refractivity contribution in [2.45, 2.75) is 9.79 Å². The highest BCUT2D eigenvalue weighted by atomic mass is 32.2. The molecule has 0 aliphatic rings.